The van der Waals surface area contributed by atoms with Crippen LogP contribution in [0.15, 0.2) is 30.3 Å². The zero-order valence-corrected chi connectivity index (χ0v) is 20.2. The summed E-state index contributed by atoms with van der Waals surface area (Å²) in [5.74, 6) is -1.95. The third-order valence-electron chi connectivity index (χ3n) is 7.74. The summed E-state index contributed by atoms with van der Waals surface area (Å²) in [6.07, 6.45) is 5.12. The first-order chi connectivity index (χ1) is 16.4. The number of nitrogens with one attached hydrogen (secondary N) is 2. The molecule has 34 heavy (non-hydrogen) atoms. The minimum atomic E-state index is -0.988. The number of para-hydroxylation sites is 1. The van der Waals surface area contributed by atoms with Crippen LogP contribution in [0.5, 0.6) is 0 Å². The molecule has 5 atom stereocenters. The summed E-state index contributed by atoms with van der Waals surface area (Å²) in [4.78, 5) is 42.4. The maximum atomic E-state index is 13.8. The number of fused-ring (bicyclic) bond motifs is 1. The van der Waals surface area contributed by atoms with Gasteiger partial charge < -0.3 is 25.4 Å². The molecule has 0 aliphatic carbocycles. The van der Waals surface area contributed by atoms with Gasteiger partial charge in [-0.2, -0.15) is 0 Å². The largest absolute Gasteiger partial charge is 0.396 e. The standard InChI is InChI=1S/C26H37N3O5/c1-3-4-15-27-23(32)21-26-14-13-25(2,34-26)19(22(31)28-18-11-7-5-8-12-18)20(26)24(33)29(21)16-9-6-10-17-30/h5,7-8,11-12,19-21,30H,3-4,6,9-10,13-17H2,1-2H3,(H,27,32)(H,28,31)/t19-,20-,21?,25+,26?/m0/s1. The predicted octanol–water partition coefficient (Wildman–Crippen LogP) is 2.47. The molecule has 3 N–H and O–H groups in total. The van der Waals surface area contributed by atoms with Crippen molar-refractivity contribution in [2.45, 2.75) is 76.0 Å². The molecule has 0 radical (unpaired) electrons. The van der Waals surface area contributed by atoms with Crippen molar-refractivity contribution in [1.29, 1.82) is 0 Å². The van der Waals surface area contributed by atoms with Gasteiger partial charge in [-0.05, 0) is 57.6 Å². The first-order valence-electron chi connectivity index (χ1n) is 12.6. The molecular weight excluding hydrogens is 434 g/mol. The second-order valence-electron chi connectivity index (χ2n) is 10.0. The van der Waals surface area contributed by atoms with Gasteiger partial charge in [0.15, 0.2) is 0 Å². The number of aliphatic hydroxyl groups is 1. The number of carbonyl (C=O) groups excluding carboxylic acids is 3. The molecule has 0 saturated carbocycles. The van der Waals surface area contributed by atoms with Gasteiger partial charge in [0.1, 0.15) is 11.6 Å². The van der Waals surface area contributed by atoms with Gasteiger partial charge in [-0.25, -0.2) is 0 Å². The fourth-order valence-electron chi connectivity index (χ4n) is 6.16. The van der Waals surface area contributed by atoms with Gasteiger partial charge in [-0.1, -0.05) is 31.5 Å². The minimum absolute atomic E-state index is 0.102. The molecule has 186 valence electrons. The molecule has 3 aliphatic heterocycles. The smallest absolute Gasteiger partial charge is 0.245 e. The van der Waals surface area contributed by atoms with E-state index in [1.807, 2.05) is 37.3 Å². The lowest BCUT2D eigenvalue weighted by molar-refractivity contribution is -0.145. The average molecular weight is 472 g/mol. The van der Waals surface area contributed by atoms with Crippen LogP contribution in [-0.4, -0.2) is 64.7 Å². The summed E-state index contributed by atoms with van der Waals surface area (Å²) >= 11 is 0. The van der Waals surface area contributed by atoms with E-state index in [0.29, 0.717) is 44.5 Å². The highest BCUT2D eigenvalue weighted by molar-refractivity contribution is 6.02. The molecule has 0 aromatic heterocycles. The van der Waals surface area contributed by atoms with Crippen LogP contribution in [-0.2, 0) is 19.1 Å². The molecule has 3 amide bonds. The number of nitrogens with zero attached hydrogens (tertiary/aromatic N) is 1. The van der Waals surface area contributed by atoms with Crippen LogP contribution in [0.1, 0.15) is 58.8 Å². The number of aliphatic hydroxyl groups excluding tert-OH is 1. The molecule has 3 fully saturated rings. The van der Waals surface area contributed by atoms with Crippen LogP contribution in [0.3, 0.4) is 0 Å². The van der Waals surface area contributed by atoms with E-state index in [0.717, 1.165) is 19.3 Å². The molecule has 2 bridgehead atoms. The maximum Gasteiger partial charge on any atom is 0.245 e. The number of hydrogen-bond donors (Lipinski definition) is 3. The Hall–Kier alpha value is -2.45. The Labute approximate surface area is 201 Å². The second-order valence-corrected chi connectivity index (χ2v) is 10.0. The molecule has 2 unspecified atom stereocenters. The van der Waals surface area contributed by atoms with E-state index in [1.165, 1.54) is 0 Å². The van der Waals surface area contributed by atoms with Crippen molar-refractivity contribution >= 4 is 23.4 Å². The Bertz CT molecular complexity index is 909. The lowest BCUT2D eigenvalue weighted by Crippen LogP contribution is -2.55. The number of amides is 3. The van der Waals surface area contributed by atoms with Crippen molar-refractivity contribution in [2.75, 3.05) is 25.0 Å². The Kier molecular flexibility index (Phi) is 7.28. The van der Waals surface area contributed by atoms with Crippen LogP contribution in [0.2, 0.25) is 0 Å². The number of likely N-dealkylation sites (tertiary alicyclic amines) is 1. The third kappa shape index (κ3) is 4.22. The molecule has 4 rings (SSSR count). The Morgan fingerprint density at radius 3 is 2.59 bits per heavy atom. The summed E-state index contributed by atoms with van der Waals surface area (Å²) in [6, 6.07) is 8.47. The molecule has 8 nitrogen and oxygen atoms in total. The van der Waals surface area contributed by atoms with Crippen molar-refractivity contribution in [3.05, 3.63) is 30.3 Å². The van der Waals surface area contributed by atoms with Crippen molar-refractivity contribution < 1.29 is 24.2 Å². The van der Waals surface area contributed by atoms with Gasteiger partial charge >= 0.3 is 0 Å². The topological polar surface area (TPSA) is 108 Å². The number of hydrogen-bond acceptors (Lipinski definition) is 5. The number of unbranched alkanes of at least 4 members (excludes halogenated alkanes) is 3. The highest BCUT2D eigenvalue weighted by Gasteiger charge is 2.77. The zero-order valence-electron chi connectivity index (χ0n) is 20.2. The molecule has 8 heteroatoms. The van der Waals surface area contributed by atoms with E-state index < -0.39 is 29.1 Å². The highest BCUT2D eigenvalue weighted by atomic mass is 16.5. The summed E-state index contributed by atoms with van der Waals surface area (Å²) in [5, 5.41) is 15.1. The monoisotopic (exact) mass is 471 g/mol. The van der Waals surface area contributed by atoms with Gasteiger partial charge in [0.05, 0.1) is 17.4 Å². The average Bonchev–Trinajstić information content (AvgIpc) is 3.38. The summed E-state index contributed by atoms with van der Waals surface area (Å²) < 4.78 is 6.59. The molecule has 1 aromatic rings. The van der Waals surface area contributed by atoms with Gasteiger partial charge in [-0.15, -0.1) is 0 Å². The summed E-state index contributed by atoms with van der Waals surface area (Å²) in [6.45, 7) is 5.03. The molecular formula is C26H37N3O5. The number of rotatable bonds is 11. The molecule has 1 spiro atoms. The Morgan fingerprint density at radius 1 is 1.12 bits per heavy atom. The SMILES string of the molecule is CCCCNC(=O)C1N(CCCCCO)C(=O)[C@@H]2[C@@H](C(=O)Nc3ccccc3)[C@@]3(C)CCC12O3. The van der Waals surface area contributed by atoms with Crippen LogP contribution in [0.4, 0.5) is 5.69 Å². The summed E-state index contributed by atoms with van der Waals surface area (Å²) in [5.41, 5.74) is -1.10. The Balaban J connectivity index is 1.62. The van der Waals surface area contributed by atoms with Gasteiger partial charge in [0, 0.05) is 25.4 Å². The number of ether oxygens (including phenoxy) is 1. The third-order valence-corrected chi connectivity index (χ3v) is 7.74. The van der Waals surface area contributed by atoms with Crippen LogP contribution < -0.4 is 10.6 Å². The first kappa shape index (κ1) is 24.7. The number of carbonyl (C=O) groups is 3. The maximum absolute atomic E-state index is 13.8. The van der Waals surface area contributed by atoms with E-state index in [4.69, 9.17) is 9.84 Å². The van der Waals surface area contributed by atoms with E-state index in [9.17, 15) is 14.4 Å². The van der Waals surface area contributed by atoms with Crippen molar-refractivity contribution in [3.63, 3.8) is 0 Å². The number of benzene rings is 1. The fourth-order valence-corrected chi connectivity index (χ4v) is 6.16. The quantitative estimate of drug-likeness (QED) is 0.430. The van der Waals surface area contributed by atoms with E-state index in [-0.39, 0.29) is 24.3 Å². The van der Waals surface area contributed by atoms with Gasteiger partial charge in [-0.3, -0.25) is 14.4 Å². The highest BCUT2D eigenvalue weighted by Crippen LogP contribution is 2.63. The van der Waals surface area contributed by atoms with Crippen molar-refractivity contribution in [1.82, 2.24) is 10.2 Å². The van der Waals surface area contributed by atoms with E-state index in [2.05, 4.69) is 17.6 Å². The van der Waals surface area contributed by atoms with Gasteiger partial charge in [0.2, 0.25) is 17.7 Å². The number of anilines is 1. The molecule has 3 aliphatic rings. The van der Waals surface area contributed by atoms with Gasteiger partial charge in [0.25, 0.3) is 0 Å². The fraction of sp³-hybridized carbons (Fsp3) is 0.654. The molecule has 3 saturated heterocycles. The van der Waals surface area contributed by atoms with Crippen LogP contribution in [0, 0.1) is 11.8 Å². The van der Waals surface area contributed by atoms with Crippen LogP contribution >= 0.6 is 0 Å². The van der Waals surface area contributed by atoms with E-state index in [1.54, 1.807) is 4.90 Å². The summed E-state index contributed by atoms with van der Waals surface area (Å²) in [7, 11) is 0. The lowest BCUT2D eigenvalue weighted by Gasteiger charge is -2.33. The first-order valence-corrected chi connectivity index (χ1v) is 12.6. The minimum Gasteiger partial charge on any atom is -0.396 e. The normalized spacial score (nSPS) is 31.6. The molecule has 1 aromatic carbocycles. The van der Waals surface area contributed by atoms with Crippen molar-refractivity contribution in [2.24, 2.45) is 11.8 Å². The Morgan fingerprint density at radius 2 is 1.88 bits per heavy atom. The van der Waals surface area contributed by atoms with Crippen molar-refractivity contribution in [3.8, 4) is 0 Å². The molecule has 3 heterocycles. The lowest BCUT2D eigenvalue weighted by atomic mass is 9.66. The second kappa shape index (κ2) is 10.0. The van der Waals surface area contributed by atoms with Crippen LogP contribution in [0.25, 0.3) is 0 Å². The van der Waals surface area contributed by atoms with E-state index >= 15 is 0 Å². The predicted molar refractivity (Wildman–Crippen MR) is 128 cm³/mol. The zero-order chi connectivity index (χ0) is 24.3.